The molecule has 0 aliphatic heterocycles. The summed E-state index contributed by atoms with van der Waals surface area (Å²) >= 11 is 5.78. The molecule has 1 aliphatic rings. The first kappa shape index (κ1) is 16.1. The largest absolute Gasteiger partial charge is 0.387 e. The summed E-state index contributed by atoms with van der Waals surface area (Å²) in [6, 6.07) is 6.57. The van der Waals surface area contributed by atoms with Crippen molar-refractivity contribution in [2.75, 3.05) is 26.3 Å². The van der Waals surface area contributed by atoms with E-state index in [1.165, 1.54) is 12.8 Å². The zero-order valence-electron chi connectivity index (χ0n) is 11.8. The van der Waals surface area contributed by atoms with Gasteiger partial charge in [-0.2, -0.15) is 0 Å². The van der Waals surface area contributed by atoms with E-state index in [0.29, 0.717) is 23.7 Å². The van der Waals surface area contributed by atoms with Gasteiger partial charge in [-0.3, -0.25) is 0 Å². The Morgan fingerprint density at radius 2 is 2.05 bits per heavy atom. The van der Waals surface area contributed by atoms with Crippen LogP contribution < -0.4 is 10.6 Å². The van der Waals surface area contributed by atoms with E-state index < -0.39 is 6.10 Å². The first-order valence-corrected chi connectivity index (χ1v) is 7.56. The third kappa shape index (κ3) is 6.33. The number of carbonyl (C=O) groups excluding carboxylic acids is 1. The lowest BCUT2D eigenvalue weighted by atomic mass is 10.1. The lowest BCUT2D eigenvalue weighted by Crippen LogP contribution is -2.39. The predicted molar refractivity (Wildman–Crippen MR) is 81.4 cm³/mol. The van der Waals surface area contributed by atoms with E-state index >= 15 is 0 Å². The number of aliphatic hydroxyl groups excluding tert-OH is 1. The number of ether oxygens (including phenoxy) is 1. The standard InChI is InChI=1S/C15H21ClN2O3/c16-13-5-3-12(4-6-13)14(19)9-18-15(20)17-7-8-21-10-11-1-2-11/h3-6,11,14,19H,1-2,7-10H2,(H2,17,18,20). The molecule has 1 unspecified atom stereocenters. The van der Waals surface area contributed by atoms with Crippen LogP contribution in [0.1, 0.15) is 24.5 Å². The van der Waals surface area contributed by atoms with Gasteiger partial charge in [-0.1, -0.05) is 23.7 Å². The highest BCUT2D eigenvalue weighted by Crippen LogP contribution is 2.28. The minimum Gasteiger partial charge on any atom is -0.387 e. The van der Waals surface area contributed by atoms with Gasteiger partial charge in [0.05, 0.1) is 12.7 Å². The predicted octanol–water partition coefficient (Wildman–Crippen LogP) is 2.10. The van der Waals surface area contributed by atoms with E-state index in [1.807, 2.05) is 0 Å². The molecule has 0 heterocycles. The molecule has 2 rings (SSSR count). The van der Waals surface area contributed by atoms with Gasteiger partial charge in [0.25, 0.3) is 0 Å². The molecule has 3 N–H and O–H groups in total. The summed E-state index contributed by atoms with van der Waals surface area (Å²) in [7, 11) is 0. The first-order chi connectivity index (χ1) is 10.1. The molecule has 1 fully saturated rings. The summed E-state index contributed by atoms with van der Waals surface area (Å²) in [5, 5.41) is 15.8. The van der Waals surface area contributed by atoms with Crippen molar-refractivity contribution < 1.29 is 14.6 Å². The van der Waals surface area contributed by atoms with E-state index in [0.717, 1.165) is 12.5 Å². The van der Waals surface area contributed by atoms with Crippen molar-refractivity contribution in [3.05, 3.63) is 34.9 Å². The molecule has 1 aliphatic carbocycles. The van der Waals surface area contributed by atoms with Crippen molar-refractivity contribution in [2.24, 2.45) is 5.92 Å². The highest BCUT2D eigenvalue weighted by atomic mass is 35.5. The van der Waals surface area contributed by atoms with Crippen LogP contribution in [0.4, 0.5) is 4.79 Å². The topological polar surface area (TPSA) is 70.6 Å². The third-order valence-electron chi connectivity index (χ3n) is 3.29. The Labute approximate surface area is 129 Å². The molecule has 0 bridgehead atoms. The average Bonchev–Trinajstić information content (AvgIpc) is 3.29. The number of aliphatic hydroxyl groups is 1. The van der Waals surface area contributed by atoms with E-state index in [1.54, 1.807) is 24.3 Å². The maximum Gasteiger partial charge on any atom is 0.314 e. The Hall–Kier alpha value is -1.30. The zero-order valence-corrected chi connectivity index (χ0v) is 12.6. The lowest BCUT2D eigenvalue weighted by molar-refractivity contribution is 0.126. The van der Waals surface area contributed by atoms with Gasteiger partial charge >= 0.3 is 6.03 Å². The van der Waals surface area contributed by atoms with Crippen molar-refractivity contribution >= 4 is 17.6 Å². The number of hydrogen-bond acceptors (Lipinski definition) is 3. The number of halogens is 1. The Kier molecular flexibility index (Phi) is 6.29. The number of rotatable bonds is 8. The molecule has 0 radical (unpaired) electrons. The first-order valence-electron chi connectivity index (χ1n) is 7.18. The molecule has 1 aromatic carbocycles. The SMILES string of the molecule is O=C(NCCOCC1CC1)NCC(O)c1ccc(Cl)cc1. The molecule has 2 amide bonds. The van der Waals surface area contributed by atoms with Gasteiger partial charge in [-0.25, -0.2) is 4.79 Å². The van der Waals surface area contributed by atoms with Crippen LogP contribution >= 0.6 is 11.6 Å². The zero-order chi connectivity index (χ0) is 15.1. The van der Waals surface area contributed by atoms with Crippen LogP contribution in [0.5, 0.6) is 0 Å². The maximum atomic E-state index is 11.5. The Bertz CT molecular complexity index is 449. The Morgan fingerprint density at radius 1 is 1.33 bits per heavy atom. The number of carbonyl (C=O) groups is 1. The molecule has 0 saturated heterocycles. The molecule has 1 saturated carbocycles. The van der Waals surface area contributed by atoms with Crippen molar-refractivity contribution in [1.29, 1.82) is 0 Å². The summed E-state index contributed by atoms with van der Waals surface area (Å²) < 4.78 is 5.41. The molecule has 21 heavy (non-hydrogen) atoms. The van der Waals surface area contributed by atoms with Crippen molar-refractivity contribution in [2.45, 2.75) is 18.9 Å². The van der Waals surface area contributed by atoms with Gasteiger partial charge in [0, 0.05) is 24.7 Å². The number of nitrogens with one attached hydrogen (secondary N) is 2. The van der Waals surface area contributed by atoms with Crippen LogP contribution in [0.15, 0.2) is 24.3 Å². The average molecular weight is 313 g/mol. The Morgan fingerprint density at radius 3 is 2.71 bits per heavy atom. The smallest absolute Gasteiger partial charge is 0.314 e. The van der Waals surface area contributed by atoms with E-state index in [2.05, 4.69) is 10.6 Å². The van der Waals surface area contributed by atoms with E-state index in [4.69, 9.17) is 16.3 Å². The van der Waals surface area contributed by atoms with Crippen molar-refractivity contribution in [1.82, 2.24) is 10.6 Å². The number of benzene rings is 1. The van der Waals surface area contributed by atoms with Gasteiger partial charge in [0.15, 0.2) is 0 Å². The molecule has 5 nitrogen and oxygen atoms in total. The number of hydrogen-bond donors (Lipinski definition) is 3. The fourth-order valence-electron chi connectivity index (χ4n) is 1.83. The van der Waals surface area contributed by atoms with Crippen LogP contribution in [0, 0.1) is 5.92 Å². The molecule has 0 aromatic heterocycles. The van der Waals surface area contributed by atoms with Gasteiger partial charge in [0.2, 0.25) is 0 Å². The van der Waals surface area contributed by atoms with Gasteiger partial charge in [-0.05, 0) is 36.5 Å². The third-order valence-corrected chi connectivity index (χ3v) is 3.55. The van der Waals surface area contributed by atoms with Gasteiger partial charge in [-0.15, -0.1) is 0 Å². The van der Waals surface area contributed by atoms with Gasteiger partial charge in [0.1, 0.15) is 0 Å². The van der Waals surface area contributed by atoms with Crippen LogP contribution in [-0.4, -0.2) is 37.4 Å². The van der Waals surface area contributed by atoms with Crippen LogP contribution in [0.3, 0.4) is 0 Å². The summed E-state index contributed by atoms with van der Waals surface area (Å²) in [5.74, 6) is 0.730. The van der Waals surface area contributed by atoms with Gasteiger partial charge < -0.3 is 20.5 Å². The monoisotopic (exact) mass is 312 g/mol. The molecule has 0 spiro atoms. The maximum absolute atomic E-state index is 11.5. The Balaban J connectivity index is 1.55. The number of urea groups is 1. The second-order valence-corrected chi connectivity index (χ2v) is 5.66. The quantitative estimate of drug-likeness (QED) is 0.644. The highest BCUT2D eigenvalue weighted by molar-refractivity contribution is 6.30. The molecule has 6 heteroatoms. The minimum atomic E-state index is -0.751. The molecule has 1 aromatic rings. The van der Waals surface area contributed by atoms with Crippen LogP contribution in [-0.2, 0) is 4.74 Å². The molecule has 1 atom stereocenters. The fraction of sp³-hybridized carbons (Fsp3) is 0.533. The molecule has 116 valence electrons. The van der Waals surface area contributed by atoms with Crippen LogP contribution in [0.2, 0.25) is 5.02 Å². The summed E-state index contributed by atoms with van der Waals surface area (Å²) in [5.41, 5.74) is 0.715. The second kappa shape index (κ2) is 8.22. The van der Waals surface area contributed by atoms with E-state index in [-0.39, 0.29) is 12.6 Å². The molecular weight excluding hydrogens is 292 g/mol. The van der Waals surface area contributed by atoms with Crippen LogP contribution in [0.25, 0.3) is 0 Å². The summed E-state index contributed by atoms with van der Waals surface area (Å²) in [6.07, 6.45) is 1.77. The van der Waals surface area contributed by atoms with Crippen molar-refractivity contribution in [3.8, 4) is 0 Å². The highest BCUT2D eigenvalue weighted by Gasteiger charge is 2.20. The normalized spacial score (nSPS) is 15.5. The molecular formula is C15H21ClN2O3. The number of amides is 2. The second-order valence-electron chi connectivity index (χ2n) is 5.22. The lowest BCUT2D eigenvalue weighted by Gasteiger charge is -2.13. The fourth-order valence-corrected chi connectivity index (χ4v) is 1.95. The van der Waals surface area contributed by atoms with Crippen molar-refractivity contribution in [3.63, 3.8) is 0 Å². The summed E-state index contributed by atoms with van der Waals surface area (Å²) in [6.45, 7) is 1.92. The summed E-state index contributed by atoms with van der Waals surface area (Å²) in [4.78, 5) is 11.5. The van der Waals surface area contributed by atoms with E-state index in [9.17, 15) is 9.90 Å². The minimum absolute atomic E-state index is 0.149.